The zero-order valence-corrected chi connectivity index (χ0v) is 10.6. The average Bonchev–Trinajstić information content (AvgIpc) is 2.41. The monoisotopic (exact) mass is 270 g/mol. The lowest BCUT2D eigenvalue weighted by Gasteiger charge is -2.06. The van der Waals surface area contributed by atoms with Crippen molar-refractivity contribution in [3.8, 4) is 6.07 Å². The summed E-state index contributed by atoms with van der Waals surface area (Å²) in [5.74, 6) is -0.998. The first kappa shape index (κ1) is 13.0. The fourth-order valence-electron chi connectivity index (χ4n) is 1.50. The number of carbonyl (C=O) groups is 1. The van der Waals surface area contributed by atoms with E-state index >= 15 is 0 Å². The summed E-state index contributed by atoms with van der Waals surface area (Å²) in [6.07, 6.45) is 0. The molecule has 0 bridgehead atoms. The molecule has 0 aliphatic heterocycles. The van der Waals surface area contributed by atoms with Crippen LogP contribution >= 0.6 is 11.8 Å². The highest BCUT2D eigenvalue weighted by Crippen LogP contribution is 2.32. The second-order valence-corrected chi connectivity index (χ2v) is 4.91. The van der Waals surface area contributed by atoms with Gasteiger partial charge in [-0.1, -0.05) is 11.8 Å². The minimum Gasteiger partial charge on any atom is -0.478 e. The number of carboxylic acid groups (broad SMARTS) is 1. The molecule has 3 N–H and O–H groups in total. The van der Waals surface area contributed by atoms with Gasteiger partial charge in [0, 0.05) is 15.5 Å². The van der Waals surface area contributed by atoms with Crippen LogP contribution in [0.1, 0.15) is 15.9 Å². The number of hydrogen-bond donors (Lipinski definition) is 2. The average molecular weight is 270 g/mol. The van der Waals surface area contributed by atoms with Crippen LogP contribution in [0.3, 0.4) is 0 Å². The Morgan fingerprint density at radius 1 is 1.21 bits per heavy atom. The summed E-state index contributed by atoms with van der Waals surface area (Å²) in [4.78, 5) is 12.5. The molecule has 0 fully saturated rings. The number of carboxylic acids is 1. The van der Waals surface area contributed by atoms with Crippen LogP contribution in [-0.2, 0) is 0 Å². The Morgan fingerprint density at radius 2 is 1.89 bits per heavy atom. The molecule has 0 aliphatic rings. The van der Waals surface area contributed by atoms with E-state index in [4.69, 9.17) is 16.1 Å². The van der Waals surface area contributed by atoms with Gasteiger partial charge < -0.3 is 10.8 Å². The Morgan fingerprint density at radius 3 is 2.42 bits per heavy atom. The zero-order chi connectivity index (χ0) is 13.8. The molecular formula is C14H10N2O2S. The van der Waals surface area contributed by atoms with Gasteiger partial charge in [0.2, 0.25) is 0 Å². The van der Waals surface area contributed by atoms with E-state index in [1.807, 2.05) is 12.1 Å². The molecule has 2 aromatic carbocycles. The number of benzene rings is 2. The van der Waals surface area contributed by atoms with Crippen molar-refractivity contribution in [1.82, 2.24) is 0 Å². The number of nitrogen functional groups attached to an aromatic ring is 1. The molecule has 19 heavy (non-hydrogen) atoms. The Bertz CT molecular complexity index is 660. The van der Waals surface area contributed by atoms with Crippen LogP contribution in [0.25, 0.3) is 0 Å². The van der Waals surface area contributed by atoms with Crippen LogP contribution in [0.15, 0.2) is 52.3 Å². The molecule has 0 radical (unpaired) electrons. The van der Waals surface area contributed by atoms with Gasteiger partial charge >= 0.3 is 5.97 Å². The second kappa shape index (κ2) is 5.46. The minimum atomic E-state index is -0.998. The van der Waals surface area contributed by atoms with Crippen molar-refractivity contribution in [3.05, 3.63) is 53.6 Å². The maximum absolute atomic E-state index is 10.8. The third-order valence-electron chi connectivity index (χ3n) is 2.47. The highest BCUT2D eigenvalue weighted by Gasteiger charge is 2.07. The predicted octanol–water partition coefficient (Wildman–Crippen LogP) is 2.99. The SMILES string of the molecule is N#Cc1ccc(Sc2ccc(C(=O)O)cc2N)cc1. The summed E-state index contributed by atoms with van der Waals surface area (Å²) in [7, 11) is 0. The first-order valence-corrected chi connectivity index (χ1v) is 6.22. The van der Waals surface area contributed by atoms with Gasteiger partial charge in [0.15, 0.2) is 0 Å². The number of hydrogen-bond acceptors (Lipinski definition) is 4. The van der Waals surface area contributed by atoms with E-state index in [9.17, 15) is 4.79 Å². The normalized spacial score (nSPS) is 9.84. The molecule has 2 rings (SSSR count). The van der Waals surface area contributed by atoms with Crippen molar-refractivity contribution in [3.63, 3.8) is 0 Å². The van der Waals surface area contributed by atoms with Gasteiger partial charge in [-0.15, -0.1) is 0 Å². The van der Waals surface area contributed by atoms with E-state index in [-0.39, 0.29) is 5.56 Å². The molecule has 0 heterocycles. The molecule has 5 heteroatoms. The number of aromatic carboxylic acids is 1. The lowest BCUT2D eigenvalue weighted by Crippen LogP contribution is -1.98. The quantitative estimate of drug-likeness (QED) is 0.837. The van der Waals surface area contributed by atoms with E-state index < -0.39 is 5.97 Å². The lowest BCUT2D eigenvalue weighted by molar-refractivity contribution is 0.0697. The first-order valence-electron chi connectivity index (χ1n) is 5.41. The molecule has 0 unspecified atom stereocenters. The Balaban J connectivity index is 2.23. The molecule has 0 spiro atoms. The van der Waals surface area contributed by atoms with Crippen LogP contribution < -0.4 is 5.73 Å². The fourth-order valence-corrected chi connectivity index (χ4v) is 2.34. The Kier molecular flexibility index (Phi) is 3.74. The van der Waals surface area contributed by atoms with Crippen molar-refractivity contribution >= 4 is 23.4 Å². The van der Waals surface area contributed by atoms with Crippen LogP contribution in [0, 0.1) is 11.3 Å². The molecule has 94 valence electrons. The van der Waals surface area contributed by atoms with Crippen LogP contribution in [0.5, 0.6) is 0 Å². The van der Waals surface area contributed by atoms with Gasteiger partial charge in [-0.05, 0) is 42.5 Å². The predicted molar refractivity (Wildman–Crippen MR) is 73.1 cm³/mol. The summed E-state index contributed by atoms with van der Waals surface area (Å²) in [6.45, 7) is 0. The summed E-state index contributed by atoms with van der Waals surface area (Å²) < 4.78 is 0. The standard InChI is InChI=1S/C14H10N2O2S/c15-8-9-1-4-11(5-2-9)19-13-6-3-10(14(17)18)7-12(13)16/h1-7H,16H2,(H,17,18). The molecule has 2 aromatic rings. The van der Waals surface area contributed by atoms with Crippen LogP contribution in [-0.4, -0.2) is 11.1 Å². The third kappa shape index (κ3) is 3.06. The van der Waals surface area contributed by atoms with Gasteiger partial charge in [0.25, 0.3) is 0 Å². The summed E-state index contributed by atoms with van der Waals surface area (Å²) in [6, 6.07) is 13.8. The number of nitrogens with zero attached hydrogens (tertiary/aromatic N) is 1. The van der Waals surface area contributed by atoms with E-state index in [1.54, 1.807) is 18.2 Å². The van der Waals surface area contributed by atoms with E-state index in [0.717, 1.165) is 9.79 Å². The van der Waals surface area contributed by atoms with Gasteiger partial charge in [0.1, 0.15) is 0 Å². The van der Waals surface area contributed by atoms with Crippen LogP contribution in [0.2, 0.25) is 0 Å². The number of nitriles is 1. The van der Waals surface area contributed by atoms with Gasteiger partial charge in [-0.3, -0.25) is 0 Å². The molecule has 0 saturated heterocycles. The van der Waals surface area contributed by atoms with Crippen molar-refractivity contribution < 1.29 is 9.90 Å². The highest BCUT2D eigenvalue weighted by atomic mass is 32.2. The number of nitrogens with two attached hydrogens (primary N) is 1. The zero-order valence-electron chi connectivity index (χ0n) is 9.83. The lowest BCUT2D eigenvalue weighted by atomic mass is 10.2. The number of anilines is 1. The third-order valence-corrected chi connectivity index (χ3v) is 3.57. The fraction of sp³-hybridized carbons (Fsp3) is 0. The van der Waals surface area contributed by atoms with Crippen molar-refractivity contribution in [2.24, 2.45) is 0 Å². The second-order valence-electron chi connectivity index (χ2n) is 3.80. The summed E-state index contributed by atoms with van der Waals surface area (Å²) in [5, 5.41) is 17.6. The number of rotatable bonds is 3. The van der Waals surface area contributed by atoms with Gasteiger partial charge in [0.05, 0.1) is 17.2 Å². The molecule has 0 saturated carbocycles. The Hall–Kier alpha value is -2.45. The summed E-state index contributed by atoms with van der Waals surface area (Å²) in [5.41, 5.74) is 7.02. The van der Waals surface area contributed by atoms with Gasteiger partial charge in [-0.2, -0.15) is 5.26 Å². The van der Waals surface area contributed by atoms with Crippen molar-refractivity contribution in [2.45, 2.75) is 9.79 Å². The largest absolute Gasteiger partial charge is 0.478 e. The Labute approximate surface area is 114 Å². The van der Waals surface area contributed by atoms with E-state index in [0.29, 0.717) is 11.3 Å². The molecule has 0 amide bonds. The van der Waals surface area contributed by atoms with Gasteiger partial charge in [-0.25, -0.2) is 4.79 Å². The molecular weight excluding hydrogens is 260 g/mol. The molecule has 0 aromatic heterocycles. The van der Waals surface area contributed by atoms with E-state index in [2.05, 4.69) is 6.07 Å². The van der Waals surface area contributed by atoms with Crippen molar-refractivity contribution in [2.75, 3.05) is 5.73 Å². The smallest absolute Gasteiger partial charge is 0.335 e. The topological polar surface area (TPSA) is 87.1 Å². The first-order chi connectivity index (χ1) is 9.10. The van der Waals surface area contributed by atoms with Crippen LogP contribution in [0.4, 0.5) is 5.69 Å². The summed E-state index contributed by atoms with van der Waals surface area (Å²) >= 11 is 1.43. The molecule has 0 aliphatic carbocycles. The van der Waals surface area contributed by atoms with Crippen molar-refractivity contribution in [1.29, 1.82) is 5.26 Å². The maximum Gasteiger partial charge on any atom is 0.335 e. The highest BCUT2D eigenvalue weighted by molar-refractivity contribution is 7.99. The molecule has 0 atom stereocenters. The maximum atomic E-state index is 10.8. The molecule has 4 nitrogen and oxygen atoms in total. The van der Waals surface area contributed by atoms with E-state index in [1.165, 1.54) is 23.9 Å². The minimum absolute atomic E-state index is 0.168.